The molecule has 48 heteroatoms. The van der Waals surface area contributed by atoms with Gasteiger partial charge in [0.1, 0.15) is 84.3 Å². The zero-order valence-electron chi connectivity index (χ0n) is 83.7. The zero-order chi connectivity index (χ0) is 110. The van der Waals surface area contributed by atoms with Crippen LogP contribution in [0.25, 0.3) is 21.7 Å². The number of amides is 16. The standard InChI is InChI=1S/C102H142ClN23O23S/c1-57(127)86(101(148)111-45-19-14-26-69(108)89(136)113-55-83(130)114-82(56-150)100(147)123-81(53-85(133)134)98(145)118-75(88(110)135)52-84(131)132)125-99(146)78(47-59-20-4-3-5-21-59)124-102(149)87(58(2)128)126-93(140)74(30-13-18-44-107)117-97(144)80(51-65-54-112-71-27-9-8-24-68(65)71)122-95(142)77(49-61-34-39-67(129)40-35-61)120-94(141)76(48-60-32-37-66(103)38-33-60)121-96(143)79(50-62-31-36-63-22-6-7-23-64(63)46-62)119-92(139)73(29-12-17-43-106)116-91(138)72(28-11-16-42-105)115-90(137)70(109)25-10-15-41-104/h3-9,20-24,27,31-40,46,54,57-58,69-70,72-82,86-87,112,127-129,150H,10-19,25-26,28-30,41-45,47-53,55-56,104-109H2,1-2H3,(H2,110,135)(H,111,148)(H,113,136)(H,114,130)(H,115,137)(H,116,138)(H,117,144)(H,118,145)(H,119,139)(H,120,141)(H,121,143)(H,122,142)(H,123,147)(H,124,149)(H,125,146)(H,126,140)(H,131,132)(H,133,134)/t57-,58-,69+,70-,72+,73+,74+,75+,76+,77+,78+,79-,80-,81+,82+,86+,87+/m1/s1. The first kappa shape index (κ1) is 123. The third kappa shape index (κ3) is 42.0. The Bertz CT molecular complexity index is 5680. The second-order valence-electron chi connectivity index (χ2n) is 36.7. The van der Waals surface area contributed by atoms with Crippen LogP contribution in [0.5, 0.6) is 5.75 Å². The van der Waals surface area contributed by atoms with Gasteiger partial charge in [0.15, 0.2) is 0 Å². The number of fused-ring (bicyclic) bond motifs is 2. The minimum absolute atomic E-state index is 0.0142. The molecule has 0 bridgehead atoms. The Balaban J connectivity index is 1.10. The van der Waals surface area contributed by atoms with Gasteiger partial charge in [0.25, 0.3) is 0 Å². The first-order chi connectivity index (χ1) is 71.6. The average molecular weight is 2130 g/mol. The van der Waals surface area contributed by atoms with Crippen LogP contribution in [0.15, 0.2) is 152 Å². The van der Waals surface area contributed by atoms with E-state index in [2.05, 4.69) is 92.0 Å². The molecule has 0 aliphatic heterocycles. The number of carboxylic acids is 2. The predicted octanol–water partition coefficient (Wildman–Crippen LogP) is -2.80. The summed E-state index contributed by atoms with van der Waals surface area (Å²) in [6.07, 6.45) is -1.43. The van der Waals surface area contributed by atoms with Crippen LogP contribution in [0, 0.1) is 0 Å². The van der Waals surface area contributed by atoms with E-state index in [0.29, 0.717) is 88.8 Å². The first-order valence-electron chi connectivity index (χ1n) is 49.7. The minimum Gasteiger partial charge on any atom is -0.508 e. The maximum atomic E-state index is 15.8. The van der Waals surface area contributed by atoms with Crippen molar-refractivity contribution in [2.24, 2.45) is 40.1 Å². The molecule has 7 rings (SSSR count). The molecule has 0 unspecified atom stereocenters. The van der Waals surface area contributed by atoms with E-state index in [4.69, 9.17) is 56.8 Å². The predicted molar refractivity (Wildman–Crippen MR) is 560 cm³/mol. The van der Waals surface area contributed by atoms with Crippen LogP contribution >= 0.6 is 24.2 Å². The molecule has 0 spiro atoms. The number of hydrogen-bond donors (Lipinski definition) is 29. The lowest BCUT2D eigenvalue weighted by Crippen LogP contribution is -2.62. The summed E-state index contributed by atoms with van der Waals surface area (Å²) in [7, 11) is 0. The number of aromatic nitrogens is 1. The number of rotatable bonds is 68. The van der Waals surface area contributed by atoms with Crippen molar-refractivity contribution in [3.05, 3.63) is 185 Å². The highest BCUT2D eigenvalue weighted by Crippen LogP contribution is 2.24. The number of aromatic hydroxyl groups is 1. The average Bonchev–Trinajstić information content (AvgIpc) is 1.50. The quantitative estimate of drug-likeness (QED) is 0.0135. The maximum absolute atomic E-state index is 15.8. The fourth-order valence-corrected chi connectivity index (χ4v) is 16.5. The summed E-state index contributed by atoms with van der Waals surface area (Å²) >= 11 is 10.5. The SMILES string of the molecule is C[C@@H](O)[C@H](NC(=O)[C@H](Cc1ccccc1)NC(=O)[C@@H](NC(=O)[C@H](CCCCN)NC(=O)[C@@H](Cc1c[nH]c2ccccc12)NC(=O)[C@H](Cc1ccc(O)cc1)NC(=O)[C@H](Cc1ccc(Cl)cc1)NC(=O)[C@@H](Cc1ccc2ccccc2c1)NC(=O)[C@H](CCCCN)NC(=O)[C@H](CCCCN)NC(=O)[C@H](N)CCCCN)[C@@H](C)O)C(=O)NCCCC[C@H](N)C(=O)NCC(=O)N[C@@H](CS)C(=O)N[C@@H](CC(=O)O)C(=O)N[C@@H](CC(=O)O)C(N)=O. The molecule has 0 saturated heterocycles. The van der Waals surface area contributed by atoms with Crippen molar-refractivity contribution in [1.29, 1.82) is 0 Å². The van der Waals surface area contributed by atoms with Gasteiger partial charge in [0.2, 0.25) is 94.5 Å². The van der Waals surface area contributed by atoms with Crippen molar-refractivity contribution in [2.45, 2.75) is 258 Å². The van der Waals surface area contributed by atoms with E-state index in [1.807, 2.05) is 41.7 Å². The van der Waals surface area contributed by atoms with Crippen molar-refractivity contribution in [3.8, 4) is 5.75 Å². The molecule has 0 aliphatic carbocycles. The number of nitrogens with one attached hydrogen (secondary N) is 16. The zero-order valence-corrected chi connectivity index (χ0v) is 85.4. The fourth-order valence-electron chi connectivity index (χ4n) is 16.2. The molecule has 1 aromatic heterocycles. The van der Waals surface area contributed by atoms with Gasteiger partial charge in [-0.25, -0.2) is 0 Å². The van der Waals surface area contributed by atoms with Crippen LogP contribution in [-0.4, -0.2) is 285 Å². The van der Waals surface area contributed by atoms with E-state index < -0.39 is 234 Å². The number of unbranched alkanes of at least 4 members (excludes halogenated alkanes) is 5. The number of phenols is 1. The van der Waals surface area contributed by atoms with E-state index in [-0.39, 0.29) is 122 Å². The van der Waals surface area contributed by atoms with Crippen LogP contribution < -0.4 is 120 Å². The van der Waals surface area contributed by atoms with Crippen molar-refractivity contribution >= 4 is 152 Å². The highest BCUT2D eigenvalue weighted by molar-refractivity contribution is 7.80. The number of carboxylic acid groups (broad SMARTS) is 2. The number of carbonyl (C=O) groups is 18. The lowest BCUT2D eigenvalue weighted by molar-refractivity contribution is -0.143. The lowest BCUT2D eigenvalue weighted by atomic mass is 9.98. The molecule has 35 N–H and O–H groups in total. The van der Waals surface area contributed by atoms with Crippen LogP contribution in [0.2, 0.25) is 5.02 Å². The van der Waals surface area contributed by atoms with Crippen molar-refractivity contribution < 1.29 is 112 Å². The molecule has 816 valence electrons. The normalized spacial score (nSPS) is 14.6. The molecule has 1 heterocycles. The smallest absolute Gasteiger partial charge is 0.305 e. The van der Waals surface area contributed by atoms with Gasteiger partial charge >= 0.3 is 11.9 Å². The monoisotopic (exact) mass is 2120 g/mol. The largest absolute Gasteiger partial charge is 0.508 e. The summed E-state index contributed by atoms with van der Waals surface area (Å²) < 4.78 is 0. The Morgan fingerprint density at radius 1 is 0.353 bits per heavy atom. The molecule has 46 nitrogen and oxygen atoms in total. The van der Waals surface area contributed by atoms with Crippen molar-refractivity contribution in [1.82, 2.24) is 84.7 Å². The number of carbonyl (C=O) groups excluding carboxylic acids is 16. The van der Waals surface area contributed by atoms with Gasteiger partial charge in [-0.1, -0.05) is 133 Å². The summed E-state index contributed by atoms with van der Waals surface area (Å²) in [5.74, 6) is -19.4. The number of para-hydroxylation sites is 1. The van der Waals surface area contributed by atoms with E-state index in [9.17, 15) is 78.0 Å². The maximum Gasteiger partial charge on any atom is 0.305 e. The third-order valence-electron chi connectivity index (χ3n) is 24.6. The summed E-state index contributed by atoms with van der Waals surface area (Å²) in [6.45, 7) is 2.49. The minimum atomic E-state index is -1.92. The number of aliphatic carboxylic acids is 2. The van der Waals surface area contributed by atoms with E-state index in [1.165, 1.54) is 31.2 Å². The van der Waals surface area contributed by atoms with E-state index in [0.717, 1.165) is 17.7 Å². The summed E-state index contributed by atoms with van der Waals surface area (Å²) in [5.41, 5.74) is 44.0. The van der Waals surface area contributed by atoms with Gasteiger partial charge in [-0.15, -0.1) is 0 Å². The van der Waals surface area contributed by atoms with Crippen LogP contribution in [0.3, 0.4) is 0 Å². The molecule has 17 atom stereocenters. The van der Waals surface area contributed by atoms with Gasteiger partial charge in [0.05, 0.1) is 43.7 Å². The molecular weight excluding hydrogens is 1980 g/mol. The third-order valence-corrected chi connectivity index (χ3v) is 25.2. The van der Waals surface area contributed by atoms with Crippen molar-refractivity contribution in [3.63, 3.8) is 0 Å². The summed E-state index contributed by atoms with van der Waals surface area (Å²) in [4.78, 5) is 254. The van der Waals surface area contributed by atoms with E-state index in [1.54, 1.807) is 91.1 Å². The Kier molecular flexibility index (Phi) is 52.5. The number of primary amides is 1. The Morgan fingerprint density at radius 2 is 0.720 bits per heavy atom. The fraction of sp³-hybridized carbons (Fsp3) is 0.471. The summed E-state index contributed by atoms with van der Waals surface area (Å²) in [6, 6.07) is 16.8. The number of phenolic OH excluding ortho intramolecular Hbond substituents is 1. The van der Waals surface area contributed by atoms with Crippen LogP contribution in [-0.2, 0) is 118 Å². The van der Waals surface area contributed by atoms with Gasteiger partial charge in [-0.05, 0) is 199 Å². The highest BCUT2D eigenvalue weighted by Gasteiger charge is 2.40. The number of nitrogens with two attached hydrogens (primary N) is 7. The van der Waals surface area contributed by atoms with Crippen LogP contribution in [0.1, 0.15) is 151 Å². The first-order valence-corrected chi connectivity index (χ1v) is 50.7. The second kappa shape index (κ2) is 64.2. The molecule has 16 amide bonds. The molecule has 6 aromatic carbocycles. The number of H-pyrrole nitrogens is 1. The van der Waals surface area contributed by atoms with E-state index >= 15 is 28.8 Å². The number of thiol groups is 1. The summed E-state index contributed by atoms with van der Waals surface area (Å²) in [5, 5.41) is 92.6. The number of hydrogen-bond acceptors (Lipinski definition) is 28. The van der Waals surface area contributed by atoms with Gasteiger partial charge in [-0.2, -0.15) is 12.6 Å². The molecule has 0 aliphatic rings. The number of halogens is 1. The highest BCUT2D eigenvalue weighted by atomic mass is 35.5. The molecule has 0 radical (unpaired) electrons. The lowest BCUT2D eigenvalue weighted by Gasteiger charge is -2.29. The molecule has 150 heavy (non-hydrogen) atoms. The molecule has 7 aromatic rings. The molecule has 0 saturated carbocycles. The second-order valence-corrected chi connectivity index (χ2v) is 37.5. The number of aliphatic hydroxyl groups is 2. The Morgan fingerprint density at radius 3 is 1.21 bits per heavy atom. The van der Waals surface area contributed by atoms with Crippen LogP contribution in [0.4, 0.5) is 0 Å². The molecular formula is C102H142ClN23O23S. The molecule has 0 fully saturated rings. The number of aromatic amines is 1. The van der Waals surface area contributed by atoms with Crippen molar-refractivity contribution in [2.75, 3.05) is 45.0 Å². The van der Waals surface area contributed by atoms with Gasteiger partial charge in [0, 0.05) is 66.5 Å². The number of benzene rings is 6. The topological polar surface area (TPSA) is 787 Å². The number of aliphatic hydroxyl groups excluding tert-OH is 2. The Labute approximate surface area is 877 Å². The van der Waals surface area contributed by atoms with Gasteiger partial charge < -0.3 is 150 Å². The van der Waals surface area contributed by atoms with Gasteiger partial charge in [-0.3, -0.25) is 86.3 Å². The Hall–Kier alpha value is -14.3.